The van der Waals surface area contributed by atoms with Gasteiger partial charge in [0.2, 0.25) is 6.79 Å². The van der Waals surface area contributed by atoms with Crippen LogP contribution in [0, 0.1) is 0 Å². The molecule has 1 fully saturated rings. The lowest BCUT2D eigenvalue weighted by molar-refractivity contribution is 0.174. The summed E-state index contributed by atoms with van der Waals surface area (Å²) in [6, 6.07) is 5.82. The summed E-state index contributed by atoms with van der Waals surface area (Å²) in [5.41, 5.74) is 8.86. The number of hydrogen-bond donors (Lipinski definition) is 1. The summed E-state index contributed by atoms with van der Waals surface area (Å²) in [4.78, 5) is 4.66. The molecule has 0 amide bonds. The molecule has 2 aliphatic rings. The number of pyridine rings is 1. The minimum atomic E-state index is 0.279. The van der Waals surface area contributed by atoms with Crippen molar-refractivity contribution in [3.63, 3.8) is 0 Å². The lowest BCUT2D eigenvalue weighted by atomic mass is 10.1. The van der Waals surface area contributed by atoms with Crippen LogP contribution in [0.1, 0.15) is 24.5 Å². The van der Waals surface area contributed by atoms with Crippen LogP contribution >= 0.6 is 0 Å². The Morgan fingerprint density at radius 2 is 1.88 bits per heavy atom. The van der Waals surface area contributed by atoms with E-state index in [9.17, 15) is 0 Å². The highest BCUT2D eigenvalue weighted by Crippen LogP contribution is 2.42. The lowest BCUT2D eigenvalue weighted by Gasteiger charge is -2.06. The average Bonchev–Trinajstić information content (AvgIpc) is 3.07. The molecule has 2 N–H and O–H groups in total. The van der Waals surface area contributed by atoms with E-state index in [4.69, 9.17) is 15.2 Å². The van der Waals surface area contributed by atoms with Crippen molar-refractivity contribution in [3.8, 4) is 11.5 Å². The Kier molecular flexibility index (Phi) is 1.62. The zero-order valence-electron chi connectivity index (χ0n) is 9.27. The fraction of sp³-hybridized carbons (Fsp3) is 0.308. The van der Waals surface area contributed by atoms with Gasteiger partial charge >= 0.3 is 0 Å². The van der Waals surface area contributed by atoms with Crippen LogP contribution in [0.5, 0.6) is 11.5 Å². The van der Waals surface area contributed by atoms with Crippen LogP contribution in [0.25, 0.3) is 10.9 Å². The highest BCUT2D eigenvalue weighted by molar-refractivity contribution is 5.93. The van der Waals surface area contributed by atoms with Crippen LogP contribution in [-0.4, -0.2) is 11.8 Å². The Balaban J connectivity index is 1.98. The third kappa shape index (κ3) is 1.33. The first kappa shape index (κ1) is 9.10. The second kappa shape index (κ2) is 3.03. The van der Waals surface area contributed by atoms with Gasteiger partial charge in [-0.3, -0.25) is 4.98 Å². The first-order chi connectivity index (χ1) is 8.31. The lowest BCUT2D eigenvalue weighted by Crippen LogP contribution is -1.94. The van der Waals surface area contributed by atoms with Crippen LogP contribution in [0.2, 0.25) is 0 Å². The highest BCUT2D eigenvalue weighted by Gasteiger charge is 2.26. The first-order valence-electron chi connectivity index (χ1n) is 5.81. The summed E-state index contributed by atoms with van der Waals surface area (Å²) in [6.07, 6.45) is 2.45. The Labute approximate surface area is 98.3 Å². The maximum Gasteiger partial charge on any atom is 0.231 e. The first-order valence-corrected chi connectivity index (χ1v) is 5.81. The van der Waals surface area contributed by atoms with E-state index in [1.807, 2.05) is 18.2 Å². The standard InChI is InChI=1S/C13H12N2O2/c14-9-4-10(7-1-2-7)15-11-5-13-12(3-8(9)11)16-6-17-13/h3-5,7H,1-2,6H2,(H2,14,15). The SMILES string of the molecule is Nc1cc(C2CC2)nc2cc3c(cc12)OCO3. The van der Waals surface area contributed by atoms with Gasteiger partial charge in [0.1, 0.15) is 0 Å². The van der Waals surface area contributed by atoms with Crippen LogP contribution < -0.4 is 15.2 Å². The smallest absolute Gasteiger partial charge is 0.231 e. The molecule has 4 rings (SSSR count). The van der Waals surface area contributed by atoms with Gasteiger partial charge in [-0.15, -0.1) is 0 Å². The molecule has 1 aromatic heterocycles. The molecule has 2 heterocycles. The number of hydrogen-bond acceptors (Lipinski definition) is 4. The summed E-state index contributed by atoms with van der Waals surface area (Å²) in [7, 11) is 0. The van der Waals surface area contributed by atoms with Crippen LogP contribution in [0.4, 0.5) is 5.69 Å². The number of rotatable bonds is 1. The van der Waals surface area contributed by atoms with Gasteiger partial charge in [-0.2, -0.15) is 0 Å². The molecule has 4 nitrogen and oxygen atoms in total. The largest absolute Gasteiger partial charge is 0.454 e. The molecule has 1 aliphatic heterocycles. The molecular weight excluding hydrogens is 216 g/mol. The van der Waals surface area contributed by atoms with Gasteiger partial charge in [-0.25, -0.2) is 0 Å². The maximum atomic E-state index is 6.08. The fourth-order valence-electron chi connectivity index (χ4n) is 2.25. The number of anilines is 1. The average molecular weight is 228 g/mol. The Hall–Kier alpha value is -1.97. The van der Waals surface area contributed by atoms with Crippen molar-refractivity contribution < 1.29 is 9.47 Å². The van der Waals surface area contributed by atoms with Crippen molar-refractivity contribution in [1.82, 2.24) is 4.98 Å². The minimum Gasteiger partial charge on any atom is -0.454 e. The van der Waals surface area contributed by atoms with Crippen molar-refractivity contribution in [2.24, 2.45) is 0 Å². The van der Waals surface area contributed by atoms with E-state index in [1.165, 1.54) is 12.8 Å². The van der Waals surface area contributed by atoms with Crippen molar-refractivity contribution >= 4 is 16.6 Å². The molecule has 0 unspecified atom stereocenters. The van der Waals surface area contributed by atoms with E-state index in [1.54, 1.807) is 0 Å². The molecule has 86 valence electrons. The number of fused-ring (bicyclic) bond motifs is 2. The highest BCUT2D eigenvalue weighted by atomic mass is 16.7. The van der Waals surface area contributed by atoms with Gasteiger partial charge in [-0.05, 0) is 25.0 Å². The molecule has 1 aliphatic carbocycles. The van der Waals surface area contributed by atoms with E-state index in [2.05, 4.69) is 4.98 Å². The summed E-state index contributed by atoms with van der Waals surface area (Å²) in [5.74, 6) is 2.12. The van der Waals surface area contributed by atoms with Crippen LogP contribution in [0.15, 0.2) is 18.2 Å². The van der Waals surface area contributed by atoms with E-state index in [0.29, 0.717) is 5.92 Å². The molecule has 4 heteroatoms. The van der Waals surface area contributed by atoms with Gasteiger partial charge in [0.05, 0.1) is 5.52 Å². The maximum absolute atomic E-state index is 6.08. The zero-order valence-corrected chi connectivity index (χ0v) is 9.27. The number of aromatic nitrogens is 1. The number of nitrogen functional groups attached to an aromatic ring is 1. The molecule has 0 atom stereocenters. The predicted octanol–water partition coefficient (Wildman–Crippen LogP) is 2.42. The normalized spacial score (nSPS) is 17.6. The Morgan fingerprint density at radius 1 is 1.12 bits per heavy atom. The third-order valence-corrected chi connectivity index (χ3v) is 3.35. The number of benzene rings is 1. The Morgan fingerprint density at radius 3 is 2.65 bits per heavy atom. The summed E-state index contributed by atoms with van der Waals surface area (Å²) >= 11 is 0. The van der Waals surface area contributed by atoms with Gasteiger partial charge in [0.25, 0.3) is 0 Å². The fourth-order valence-corrected chi connectivity index (χ4v) is 2.25. The molecule has 0 bridgehead atoms. The third-order valence-electron chi connectivity index (χ3n) is 3.35. The summed E-state index contributed by atoms with van der Waals surface area (Å²) < 4.78 is 10.7. The van der Waals surface area contributed by atoms with Crippen LogP contribution in [0.3, 0.4) is 0 Å². The monoisotopic (exact) mass is 228 g/mol. The van der Waals surface area contributed by atoms with E-state index in [-0.39, 0.29) is 6.79 Å². The van der Waals surface area contributed by atoms with Crippen molar-refractivity contribution in [1.29, 1.82) is 0 Å². The molecule has 1 saturated carbocycles. The molecule has 0 radical (unpaired) electrons. The number of nitrogens with two attached hydrogens (primary N) is 1. The molecule has 0 spiro atoms. The van der Waals surface area contributed by atoms with E-state index >= 15 is 0 Å². The van der Waals surface area contributed by atoms with Crippen molar-refractivity contribution in [2.75, 3.05) is 12.5 Å². The van der Waals surface area contributed by atoms with Crippen LogP contribution in [-0.2, 0) is 0 Å². The molecule has 17 heavy (non-hydrogen) atoms. The molecule has 2 aromatic rings. The van der Waals surface area contributed by atoms with E-state index in [0.717, 1.165) is 33.8 Å². The van der Waals surface area contributed by atoms with Crippen molar-refractivity contribution in [3.05, 3.63) is 23.9 Å². The van der Waals surface area contributed by atoms with Gasteiger partial charge < -0.3 is 15.2 Å². The second-order valence-corrected chi connectivity index (χ2v) is 4.63. The Bertz CT molecular complexity index is 620. The van der Waals surface area contributed by atoms with Crippen molar-refractivity contribution in [2.45, 2.75) is 18.8 Å². The topological polar surface area (TPSA) is 57.4 Å². The summed E-state index contributed by atoms with van der Waals surface area (Å²) in [6.45, 7) is 0.279. The second-order valence-electron chi connectivity index (χ2n) is 4.63. The zero-order chi connectivity index (χ0) is 11.4. The molecule has 1 aromatic carbocycles. The molecular formula is C13H12N2O2. The van der Waals surface area contributed by atoms with Gasteiger partial charge in [0.15, 0.2) is 11.5 Å². The van der Waals surface area contributed by atoms with E-state index < -0.39 is 0 Å². The number of nitrogens with zero attached hydrogens (tertiary/aromatic N) is 1. The van der Waals surface area contributed by atoms with Gasteiger partial charge in [-0.1, -0.05) is 0 Å². The van der Waals surface area contributed by atoms with Gasteiger partial charge in [0, 0.05) is 28.8 Å². The quantitative estimate of drug-likeness (QED) is 0.814. The molecule has 0 saturated heterocycles. The number of ether oxygens (including phenoxy) is 2. The summed E-state index contributed by atoms with van der Waals surface area (Å²) in [5, 5.41) is 0.943. The predicted molar refractivity (Wildman–Crippen MR) is 64.3 cm³/mol. The minimum absolute atomic E-state index is 0.279.